The predicted molar refractivity (Wildman–Crippen MR) is 114 cm³/mol. The number of benzene rings is 2. The molecule has 2 aromatic carbocycles. The fourth-order valence-electron chi connectivity index (χ4n) is 2.51. The lowest BCUT2D eigenvalue weighted by atomic mass is 10.2. The molecule has 8 heteroatoms. The number of esters is 3. The van der Waals surface area contributed by atoms with Crippen LogP contribution in [0.25, 0.3) is 0 Å². The van der Waals surface area contributed by atoms with E-state index in [1.54, 1.807) is 62.4 Å². The summed E-state index contributed by atoms with van der Waals surface area (Å²) in [6, 6.07) is 15.3. The van der Waals surface area contributed by atoms with Crippen LogP contribution in [0.5, 0.6) is 0 Å². The Morgan fingerprint density at radius 3 is 1.84 bits per heavy atom. The Labute approximate surface area is 183 Å². The highest BCUT2D eigenvalue weighted by molar-refractivity contribution is 7.90. The second kappa shape index (κ2) is 11.8. The molecule has 0 aliphatic rings. The summed E-state index contributed by atoms with van der Waals surface area (Å²) < 4.78 is 28.5. The van der Waals surface area contributed by atoms with Crippen LogP contribution in [0, 0.1) is 6.92 Å². The molecule has 0 saturated carbocycles. The van der Waals surface area contributed by atoms with Crippen molar-refractivity contribution in [3.05, 3.63) is 76.2 Å². The van der Waals surface area contributed by atoms with E-state index in [0.717, 1.165) is 5.56 Å². The van der Waals surface area contributed by atoms with Gasteiger partial charge in [-0.25, -0.2) is 18.6 Å². The van der Waals surface area contributed by atoms with Gasteiger partial charge in [-0.15, -0.1) is 0 Å². The molecule has 31 heavy (non-hydrogen) atoms. The van der Waals surface area contributed by atoms with Crippen LogP contribution < -0.4 is 0 Å². The summed E-state index contributed by atoms with van der Waals surface area (Å²) in [5.41, 5.74) is 0.861. The smallest absolute Gasteiger partial charge is 0.349 e. The van der Waals surface area contributed by atoms with Crippen LogP contribution in [-0.2, 0) is 46.0 Å². The molecule has 0 fully saturated rings. The van der Waals surface area contributed by atoms with Crippen molar-refractivity contribution in [1.82, 2.24) is 0 Å². The van der Waals surface area contributed by atoms with Crippen LogP contribution >= 0.6 is 0 Å². The minimum absolute atomic E-state index is 0.0503. The Morgan fingerprint density at radius 1 is 0.774 bits per heavy atom. The molecule has 0 radical (unpaired) electrons. The lowest BCUT2D eigenvalue weighted by Crippen LogP contribution is -2.26. The molecule has 0 aliphatic carbocycles. The quantitative estimate of drug-likeness (QED) is 0.193. The van der Waals surface area contributed by atoms with Crippen LogP contribution in [0.4, 0.5) is 0 Å². The largest absolute Gasteiger partial charge is 0.462 e. The van der Waals surface area contributed by atoms with Gasteiger partial charge in [-0.1, -0.05) is 48.0 Å². The highest BCUT2D eigenvalue weighted by Crippen LogP contribution is 2.23. The van der Waals surface area contributed by atoms with Crippen LogP contribution in [0.1, 0.15) is 25.0 Å². The van der Waals surface area contributed by atoms with Gasteiger partial charge in [0.25, 0.3) is 0 Å². The van der Waals surface area contributed by atoms with E-state index in [9.17, 15) is 18.6 Å². The van der Waals surface area contributed by atoms with E-state index < -0.39 is 39.2 Å². The molecular formula is C23H24O7S. The van der Waals surface area contributed by atoms with Crippen molar-refractivity contribution >= 4 is 28.7 Å². The van der Waals surface area contributed by atoms with Gasteiger partial charge in [-0.05, 0) is 38.5 Å². The molecule has 0 aliphatic heterocycles. The molecule has 0 N–H and O–H groups in total. The Bertz CT molecular complexity index is 959. The molecule has 2 rings (SSSR count). The molecule has 1 atom stereocenters. The summed E-state index contributed by atoms with van der Waals surface area (Å²) in [6.45, 7) is 4.71. The van der Waals surface area contributed by atoms with E-state index in [1.165, 1.54) is 0 Å². The molecule has 7 nitrogen and oxygen atoms in total. The Kier molecular flexibility index (Phi) is 9.14. The molecule has 164 valence electrons. The minimum atomic E-state index is -2.19. The van der Waals surface area contributed by atoms with E-state index >= 15 is 0 Å². The fraction of sp³-hybridized carbons (Fsp3) is 0.261. The van der Waals surface area contributed by atoms with Crippen molar-refractivity contribution in [2.24, 2.45) is 0 Å². The Morgan fingerprint density at radius 2 is 1.32 bits per heavy atom. The molecule has 0 bridgehead atoms. The topological polar surface area (TPSA) is 96.0 Å². The molecule has 2 aromatic rings. The van der Waals surface area contributed by atoms with Gasteiger partial charge in [0.2, 0.25) is 0 Å². The third-order valence-corrected chi connectivity index (χ3v) is 5.45. The van der Waals surface area contributed by atoms with Crippen molar-refractivity contribution in [2.75, 3.05) is 13.2 Å². The van der Waals surface area contributed by atoms with E-state index in [2.05, 4.69) is 0 Å². The molecule has 0 heterocycles. The van der Waals surface area contributed by atoms with Gasteiger partial charge in [0.15, 0.2) is 10.5 Å². The number of carbonyl (C=O) groups excluding carboxylic acids is 3. The number of hydrogen-bond donors (Lipinski definition) is 0. The van der Waals surface area contributed by atoms with Crippen LogP contribution in [0.3, 0.4) is 0 Å². The monoisotopic (exact) mass is 444 g/mol. The predicted octanol–water partition coefficient (Wildman–Crippen LogP) is 3.23. The van der Waals surface area contributed by atoms with Gasteiger partial charge >= 0.3 is 17.9 Å². The van der Waals surface area contributed by atoms with Crippen LogP contribution in [0.15, 0.2) is 70.0 Å². The summed E-state index contributed by atoms with van der Waals surface area (Å²) in [6.07, 6.45) is 0. The first-order chi connectivity index (χ1) is 14.9. The van der Waals surface area contributed by atoms with Crippen molar-refractivity contribution in [2.45, 2.75) is 32.3 Å². The maximum Gasteiger partial charge on any atom is 0.349 e. The van der Waals surface area contributed by atoms with Gasteiger partial charge < -0.3 is 14.2 Å². The van der Waals surface area contributed by atoms with Gasteiger partial charge in [-0.2, -0.15) is 0 Å². The molecule has 0 amide bonds. The molecular weight excluding hydrogens is 420 g/mol. The average molecular weight is 445 g/mol. The zero-order chi connectivity index (χ0) is 22.8. The lowest BCUT2D eigenvalue weighted by molar-refractivity contribution is -0.148. The van der Waals surface area contributed by atoms with E-state index in [0.29, 0.717) is 5.56 Å². The fourth-order valence-corrected chi connectivity index (χ4v) is 3.70. The second-order valence-corrected chi connectivity index (χ2v) is 7.71. The van der Waals surface area contributed by atoms with E-state index in [-0.39, 0.29) is 24.7 Å². The standard InChI is InChI=1S/C23H24O7S/c1-4-28-21(24)19(22(25)29-5-2)20(31(27)18-13-11-16(3)12-14-18)23(26)30-15-17-9-7-6-8-10-17/h6-14H,4-5,15H2,1-3H3. The number of rotatable bonds is 9. The zero-order valence-electron chi connectivity index (χ0n) is 17.6. The summed E-state index contributed by atoms with van der Waals surface area (Å²) >= 11 is 0. The number of aryl methyl sites for hydroxylation is 1. The maximum atomic E-state index is 13.3. The van der Waals surface area contributed by atoms with Crippen LogP contribution in [-0.4, -0.2) is 35.3 Å². The number of hydrogen-bond acceptors (Lipinski definition) is 7. The molecule has 0 aromatic heterocycles. The first kappa shape index (κ1) is 24.0. The third-order valence-electron chi connectivity index (χ3n) is 4.00. The highest BCUT2D eigenvalue weighted by atomic mass is 32.2. The Hall–Kier alpha value is -3.26. The van der Waals surface area contributed by atoms with Crippen LogP contribution in [0.2, 0.25) is 0 Å². The summed E-state index contributed by atoms with van der Waals surface area (Å²) in [7, 11) is -2.19. The van der Waals surface area contributed by atoms with Gasteiger partial charge in [0.1, 0.15) is 6.61 Å². The minimum Gasteiger partial charge on any atom is -0.462 e. The van der Waals surface area contributed by atoms with Crippen molar-refractivity contribution < 1.29 is 32.8 Å². The number of ether oxygens (including phenoxy) is 3. The first-order valence-corrected chi connectivity index (χ1v) is 10.8. The SMILES string of the molecule is CCOC(=O)C(C(=O)OCC)=C(C(=O)OCc1ccccc1)S(=O)c1ccc(C)cc1. The lowest BCUT2D eigenvalue weighted by Gasteiger charge is -2.13. The van der Waals surface area contributed by atoms with Gasteiger partial charge in [0.05, 0.1) is 24.0 Å². The normalized spacial score (nSPS) is 11.2. The second-order valence-electron chi connectivity index (χ2n) is 6.29. The first-order valence-electron chi connectivity index (χ1n) is 9.67. The van der Waals surface area contributed by atoms with Gasteiger partial charge in [0, 0.05) is 4.90 Å². The van der Waals surface area contributed by atoms with Crippen molar-refractivity contribution in [3.8, 4) is 0 Å². The summed E-state index contributed by atoms with van der Waals surface area (Å²) in [5.74, 6) is -3.28. The Balaban J connectivity index is 2.54. The van der Waals surface area contributed by atoms with Crippen molar-refractivity contribution in [3.63, 3.8) is 0 Å². The average Bonchev–Trinajstić information content (AvgIpc) is 2.76. The summed E-state index contributed by atoms with van der Waals surface area (Å²) in [5, 5.41) is 0. The van der Waals surface area contributed by atoms with E-state index in [4.69, 9.17) is 14.2 Å². The van der Waals surface area contributed by atoms with Crippen molar-refractivity contribution in [1.29, 1.82) is 0 Å². The maximum absolute atomic E-state index is 13.3. The molecule has 0 spiro atoms. The molecule has 1 unspecified atom stereocenters. The summed E-state index contributed by atoms with van der Waals surface area (Å²) in [4.78, 5) is 37.7. The zero-order valence-corrected chi connectivity index (χ0v) is 18.4. The van der Waals surface area contributed by atoms with Gasteiger partial charge in [-0.3, -0.25) is 0 Å². The molecule has 0 saturated heterocycles. The highest BCUT2D eigenvalue weighted by Gasteiger charge is 2.35. The van der Waals surface area contributed by atoms with E-state index in [1.807, 2.05) is 13.0 Å². The number of carbonyl (C=O) groups is 3. The third kappa shape index (κ3) is 6.62.